The van der Waals surface area contributed by atoms with Crippen LogP contribution in [0.15, 0.2) is 42.5 Å². The van der Waals surface area contributed by atoms with Gasteiger partial charge in [-0.2, -0.15) is 0 Å². The molecular weight excluding hydrogens is 342 g/mol. The van der Waals surface area contributed by atoms with Gasteiger partial charge in [0.25, 0.3) is 0 Å². The van der Waals surface area contributed by atoms with Crippen molar-refractivity contribution in [1.29, 1.82) is 0 Å². The molecule has 6 nitrogen and oxygen atoms in total. The molecule has 1 fully saturated rings. The molecule has 130 valence electrons. The Morgan fingerprint density at radius 3 is 2.60 bits per heavy atom. The predicted octanol–water partition coefficient (Wildman–Crippen LogP) is 3.42. The Labute approximate surface area is 150 Å². The number of hydrogen-bond acceptors (Lipinski definition) is 4. The Kier molecular flexibility index (Phi) is 4.28. The number of nitrogens with one attached hydrogen (secondary N) is 1. The van der Waals surface area contributed by atoms with E-state index in [1.54, 1.807) is 12.1 Å². The number of fused-ring (bicyclic) bond motifs is 1. The highest BCUT2D eigenvalue weighted by Crippen LogP contribution is 2.34. The first-order valence-corrected chi connectivity index (χ1v) is 8.53. The van der Waals surface area contributed by atoms with Gasteiger partial charge < -0.3 is 24.6 Å². The maximum atomic E-state index is 12.5. The molecule has 4 rings (SSSR count). The first-order valence-electron chi connectivity index (χ1n) is 8.15. The minimum Gasteiger partial charge on any atom is -0.454 e. The quantitative estimate of drug-likeness (QED) is 0.892. The molecule has 2 amide bonds. The molecule has 0 spiro atoms. The summed E-state index contributed by atoms with van der Waals surface area (Å²) < 4.78 is 10.6. The van der Waals surface area contributed by atoms with Gasteiger partial charge in [0, 0.05) is 48.6 Å². The largest absolute Gasteiger partial charge is 0.454 e. The summed E-state index contributed by atoms with van der Waals surface area (Å²) in [6.45, 7) is 3.08. The number of nitrogens with zero attached hydrogens (tertiary/aromatic N) is 2. The highest BCUT2D eigenvalue weighted by molar-refractivity contribution is 6.30. The van der Waals surface area contributed by atoms with Crippen molar-refractivity contribution in [1.82, 2.24) is 4.90 Å². The van der Waals surface area contributed by atoms with Crippen LogP contribution in [0.5, 0.6) is 11.5 Å². The Morgan fingerprint density at radius 1 is 1.00 bits per heavy atom. The fourth-order valence-electron chi connectivity index (χ4n) is 3.02. The number of benzene rings is 2. The number of urea groups is 1. The second-order valence-corrected chi connectivity index (χ2v) is 6.39. The van der Waals surface area contributed by atoms with Crippen molar-refractivity contribution in [3.63, 3.8) is 0 Å². The van der Waals surface area contributed by atoms with Crippen LogP contribution in [-0.4, -0.2) is 43.9 Å². The van der Waals surface area contributed by atoms with Crippen LogP contribution >= 0.6 is 11.6 Å². The van der Waals surface area contributed by atoms with Gasteiger partial charge in [-0.3, -0.25) is 0 Å². The topological polar surface area (TPSA) is 54.0 Å². The van der Waals surface area contributed by atoms with E-state index in [2.05, 4.69) is 10.2 Å². The monoisotopic (exact) mass is 359 g/mol. The van der Waals surface area contributed by atoms with Crippen molar-refractivity contribution in [2.24, 2.45) is 0 Å². The second kappa shape index (κ2) is 6.72. The number of ether oxygens (including phenoxy) is 2. The molecule has 7 heteroatoms. The average Bonchev–Trinajstić information content (AvgIpc) is 3.09. The lowest BCUT2D eigenvalue weighted by molar-refractivity contribution is 0.174. The molecular formula is C18H18ClN3O3. The molecule has 2 aliphatic rings. The van der Waals surface area contributed by atoms with Gasteiger partial charge in [0.05, 0.1) is 0 Å². The van der Waals surface area contributed by atoms with E-state index in [1.165, 1.54) is 0 Å². The number of anilines is 2. The Morgan fingerprint density at radius 2 is 1.80 bits per heavy atom. The molecule has 0 bridgehead atoms. The lowest BCUT2D eigenvalue weighted by atomic mass is 10.2. The van der Waals surface area contributed by atoms with Gasteiger partial charge in [-0.1, -0.05) is 17.7 Å². The summed E-state index contributed by atoms with van der Waals surface area (Å²) in [6, 6.07) is 13.1. The van der Waals surface area contributed by atoms with Crippen molar-refractivity contribution >= 4 is 29.0 Å². The number of piperazine rings is 1. The molecule has 1 N–H and O–H groups in total. The Balaban J connectivity index is 1.35. The van der Waals surface area contributed by atoms with Crippen LogP contribution in [0.2, 0.25) is 5.02 Å². The van der Waals surface area contributed by atoms with Crippen LogP contribution in [0.3, 0.4) is 0 Å². The van der Waals surface area contributed by atoms with Crippen LogP contribution in [-0.2, 0) is 0 Å². The smallest absolute Gasteiger partial charge is 0.321 e. The van der Waals surface area contributed by atoms with Gasteiger partial charge in [0.2, 0.25) is 6.79 Å². The molecule has 2 heterocycles. The number of amides is 2. The van der Waals surface area contributed by atoms with Crippen LogP contribution in [0.25, 0.3) is 0 Å². The molecule has 25 heavy (non-hydrogen) atoms. The van der Waals surface area contributed by atoms with E-state index >= 15 is 0 Å². The molecule has 2 aromatic rings. The van der Waals surface area contributed by atoms with Crippen LogP contribution < -0.4 is 19.7 Å². The number of carbonyl (C=O) groups excluding carboxylic acids is 1. The van der Waals surface area contributed by atoms with Crippen LogP contribution in [0.4, 0.5) is 16.2 Å². The molecule has 2 aliphatic heterocycles. The number of hydrogen-bond donors (Lipinski definition) is 1. The van der Waals surface area contributed by atoms with Crippen molar-refractivity contribution < 1.29 is 14.3 Å². The van der Waals surface area contributed by atoms with Crippen LogP contribution in [0, 0.1) is 0 Å². The minimum atomic E-state index is -0.107. The van der Waals surface area contributed by atoms with Gasteiger partial charge in [0.1, 0.15) is 0 Å². The third kappa shape index (κ3) is 3.44. The molecule has 0 aliphatic carbocycles. The van der Waals surface area contributed by atoms with Gasteiger partial charge in [0.15, 0.2) is 11.5 Å². The van der Waals surface area contributed by atoms with E-state index in [9.17, 15) is 4.79 Å². The molecule has 0 atom stereocenters. The lowest BCUT2D eigenvalue weighted by Crippen LogP contribution is -2.50. The van der Waals surface area contributed by atoms with Gasteiger partial charge in [-0.15, -0.1) is 0 Å². The summed E-state index contributed by atoms with van der Waals surface area (Å²) in [5.74, 6) is 1.36. The van der Waals surface area contributed by atoms with Crippen molar-refractivity contribution in [3.05, 3.63) is 47.5 Å². The standard InChI is InChI=1S/C18H18ClN3O3/c19-13-2-1-3-15(10-13)21-6-8-22(9-7-21)18(23)20-14-4-5-16-17(11-14)25-12-24-16/h1-5,10-11H,6-9,12H2,(H,20,23). The fraction of sp³-hybridized carbons (Fsp3) is 0.278. The minimum absolute atomic E-state index is 0.107. The van der Waals surface area contributed by atoms with E-state index in [0.29, 0.717) is 30.3 Å². The summed E-state index contributed by atoms with van der Waals surface area (Å²) in [7, 11) is 0. The first-order chi connectivity index (χ1) is 12.2. The fourth-order valence-corrected chi connectivity index (χ4v) is 3.20. The molecule has 0 saturated carbocycles. The van der Waals surface area contributed by atoms with Gasteiger partial charge in [-0.25, -0.2) is 4.79 Å². The SMILES string of the molecule is O=C(Nc1ccc2c(c1)OCO2)N1CCN(c2cccc(Cl)c2)CC1. The van der Waals surface area contributed by atoms with Crippen LogP contribution in [0.1, 0.15) is 0 Å². The summed E-state index contributed by atoms with van der Waals surface area (Å²) in [6.07, 6.45) is 0. The van der Waals surface area contributed by atoms with Crippen molar-refractivity contribution in [2.75, 3.05) is 43.2 Å². The molecule has 2 aromatic carbocycles. The van der Waals surface area contributed by atoms with E-state index in [4.69, 9.17) is 21.1 Å². The highest BCUT2D eigenvalue weighted by atomic mass is 35.5. The zero-order valence-corrected chi connectivity index (χ0v) is 14.3. The Bertz CT molecular complexity index is 791. The number of halogens is 1. The van der Waals surface area contributed by atoms with E-state index in [-0.39, 0.29) is 12.8 Å². The summed E-state index contributed by atoms with van der Waals surface area (Å²) >= 11 is 6.05. The molecule has 0 unspecified atom stereocenters. The molecule has 0 aromatic heterocycles. The van der Waals surface area contributed by atoms with E-state index < -0.39 is 0 Å². The maximum absolute atomic E-state index is 12.5. The zero-order chi connectivity index (χ0) is 17.2. The zero-order valence-electron chi connectivity index (χ0n) is 13.6. The average molecular weight is 360 g/mol. The van der Waals surface area contributed by atoms with E-state index in [1.807, 2.05) is 35.2 Å². The van der Waals surface area contributed by atoms with Gasteiger partial charge >= 0.3 is 6.03 Å². The Hall–Kier alpha value is -2.60. The van der Waals surface area contributed by atoms with Crippen molar-refractivity contribution in [3.8, 4) is 11.5 Å². The predicted molar refractivity (Wildman–Crippen MR) is 96.8 cm³/mol. The molecule has 1 saturated heterocycles. The third-order valence-corrected chi connectivity index (χ3v) is 4.60. The first kappa shape index (κ1) is 15.9. The normalized spacial score (nSPS) is 16.0. The maximum Gasteiger partial charge on any atom is 0.321 e. The summed E-state index contributed by atoms with van der Waals surface area (Å²) in [4.78, 5) is 16.5. The van der Waals surface area contributed by atoms with E-state index in [0.717, 1.165) is 23.8 Å². The third-order valence-electron chi connectivity index (χ3n) is 4.36. The summed E-state index contributed by atoms with van der Waals surface area (Å²) in [5.41, 5.74) is 1.79. The van der Waals surface area contributed by atoms with Gasteiger partial charge in [-0.05, 0) is 30.3 Å². The van der Waals surface area contributed by atoms with Crippen molar-refractivity contribution in [2.45, 2.75) is 0 Å². The second-order valence-electron chi connectivity index (χ2n) is 5.95. The highest BCUT2D eigenvalue weighted by Gasteiger charge is 2.22. The summed E-state index contributed by atoms with van der Waals surface area (Å²) in [5, 5.41) is 3.64. The number of rotatable bonds is 2. The number of carbonyl (C=O) groups is 1. The lowest BCUT2D eigenvalue weighted by Gasteiger charge is -2.36. The molecule has 0 radical (unpaired) electrons.